The number of alkyl halides is 3. The minimum atomic E-state index is -4.33. The molecule has 7 heteroatoms. The summed E-state index contributed by atoms with van der Waals surface area (Å²) in [4.78, 5) is 14.0. The number of hydrogen-bond donors (Lipinski definition) is 1. The van der Waals surface area contributed by atoms with Crippen LogP contribution in [0.5, 0.6) is 0 Å². The van der Waals surface area contributed by atoms with Crippen LogP contribution in [0.3, 0.4) is 0 Å². The Morgan fingerprint density at radius 1 is 1.35 bits per heavy atom. The van der Waals surface area contributed by atoms with Crippen LogP contribution in [0.1, 0.15) is 43.2 Å². The molecule has 1 amide bonds. The highest BCUT2D eigenvalue weighted by Gasteiger charge is 2.30. The molecule has 2 unspecified atom stereocenters. The molecule has 2 atom stereocenters. The van der Waals surface area contributed by atoms with Crippen molar-refractivity contribution in [3.63, 3.8) is 0 Å². The van der Waals surface area contributed by atoms with E-state index in [2.05, 4.69) is 0 Å². The molecule has 1 saturated heterocycles. The Morgan fingerprint density at radius 3 is 2.48 bits per heavy atom. The van der Waals surface area contributed by atoms with Crippen molar-refractivity contribution in [2.75, 3.05) is 13.1 Å². The van der Waals surface area contributed by atoms with Gasteiger partial charge in [-0.05, 0) is 36.5 Å². The fourth-order valence-corrected chi connectivity index (χ4v) is 2.75. The lowest BCUT2D eigenvalue weighted by molar-refractivity contribution is -0.137. The average Bonchev–Trinajstić information content (AvgIpc) is 2.46. The van der Waals surface area contributed by atoms with E-state index in [4.69, 9.17) is 5.73 Å². The first-order valence-corrected chi connectivity index (χ1v) is 7.48. The molecule has 23 heavy (non-hydrogen) atoms. The standard InChI is InChI=1S/C16H21F3N2O.ClH/c1-11(9-15(22)21-8-2-3-14(20)10-21)12-4-6-13(7-5-12)16(17,18)19;/h4-7,11,14H,2-3,8-10,20H2,1H3;1H. The van der Waals surface area contributed by atoms with Gasteiger partial charge in [0.25, 0.3) is 0 Å². The fraction of sp³-hybridized carbons (Fsp3) is 0.562. The first-order chi connectivity index (χ1) is 10.3. The van der Waals surface area contributed by atoms with Crippen molar-refractivity contribution in [2.45, 2.75) is 44.3 Å². The van der Waals surface area contributed by atoms with Crippen LogP contribution in [0.15, 0.2) is 24.3 Å². The lowest BCUT2D eigenvalue weighted by Crippen LogP contribution is -2.45. The molecule has 0 bridgehead atoms. The molecule has 0 saturated carbocycles. The molecule has 2 rings (SSSR count). The Hall–Kier alpha value is -1.27. The Labute approximate surface area is 140 Å². The van der Waals surface area contributed by atoms with E-state index in [0.29, 0.717) is 13.1 Å². The van der Waals surface area contributed by atoms with E-state index in [-0.39, 0.29) is 36.7 Å². The minimum Gasteiger partial charge on any atom is -0.341 e. The molecule has 3 nitrogen and oxygen atoms in total. The molecular formula is C16H22ClF3N2O. The molecule has 0 spiro atoms. The van der Waals surface area contributed by atoms with E-state index < -0.39 is 11.7 Å². The summed E-state index contributed by atoms with van der Waals surface area (Å²) in [5, 5.41) is 0. The predicted octanol–water partition coefficient (Wildman–Crippen LogP) is 3.57. The number of hydrogen-bond acceptors (Lipinski definition) is 2. The zero-order chi connectivity index (χ0) is 16.3. The van der Waals surface area contributed by atoms with Crippen molar-refractivity contribution >= 4 is 18.3 Å². The topological polar surface area (TPSA) is 46.3 Å². The van der Waals surface area contributed by atoms with Gasteiger partial charge in [0.1, 0.15) is 0 Å². The molecule has 1 aliphatic rings. The van der Waals surface area contributed by atoms with E-state index in [1.807, 2.05) is 6.92 Å². The highest BCUT2D eigenvalue weighted by molar-refractivity contribution is 5.85. The highest BCUT2D eigenvalue weighted by atomic mass is 35.5. The highest BCUT2D eigenvalue weighted by Crippen LogP contribution is 2.30. The maximum Gasteiger partial charge on any atom is 0.416 e. The van der Waals surface area contributed by atoms with Crippen LogP contribution in [0.2, 0.25) is 0 Å². The van der Waals surface area contributed by atoms with E-state index >= 15 is 0 Å². The summed E-state index contributed by atoms with van der Waals surface area (Å²) in [5.74, 6) is -0.101. The molecule has 1 aromatic carbocycles. The lowest BCUT2D eigenvalue weighted by Gasteiger charge is -2.31. The molecule has 0 radical (unpaired) electrons. The normalized spacial score (nSPS) is 19.9. The molecule has 2 N–H and O–H groups in total. The molecule has 1 aromatic rings. The molecule has 1 fully saturated rings. The number of carbonyl (C=O) groups is 1. The summed E-state index contributed by atoms with van der Waals surface area (Å²) in [6.07, 6.45) is -2.21. The molecule has 130 valence electrons. The Bertz CT molecular complexity index is 519. The summed E-state index contributed by atoms with van der Waals surface area (Å²) in [6, 6.07) is 5.05. The second-order valence-corrected chi connectivity index (χ2v) is 5.97. The van der Waals surface area contributed by atoms with Gasteiger partial charge in [-0.25, -0.2) is 0 Å². The Kier molecular flexibility index (Phi) is 6.89. The van der Waals surface area contributed by atoms with Gasteiger partial charge >= 0.3 is 6.18 Å². The number of nitrogens with zero attached hydrogens (tertiary/aromatic N) is 1. The van der Waals surface area contributed by atoms with Gasteiger partial charge in [-0.1, -0.05) is 19.1 Å². The monoisotopic (exact) mass is 350 g/mol. The van der Waals surface area contributed by atoms with Crippen molar-refractivity contribution < 1.29 is 18.0 Å². The number of piperidine rings is 1. The average molecular weight is 351 g/mol. The summed E-state index contributed by atoms with van der Waals surface area (Å²) < 4.78 is 37.6. The number of likely N-dealkylation sites (tertiary alicyclic amines) is 1. The maximum atomic E-state index is 12.5. The number of rotatable bonds is 3. The van der Waals surface area contributed by atoms with Crippen molar-refractivity contribution in [3.05, 3.63) is 35.4 Å². The molecule has 1 heterocycles. The number of amides is 1. The second kappa shape index (κ2) is 8.02. The second-order valence-electron chi connectivity index (χ2n) is 5.97. The van der Waals surface area contributed by atoms with Crippen LogP contribution in [0.25, 0.3) is 0 Å². The van der Waals surface area contributed by atoms with Gasteiger partial charge in [0.15, 0.2) is 0 Å². The Balaban J connectivity index is 0.00000264. The van der Waals surface area contributed by atoms with Crippen LogP contribution < -0.4 is 5.73 Å². The SMILES string of the molecule is CC(CC(=O)N1CCCC(N)C1)c1ccc(C(F)(F)F)cc1.Cl. The molecular weight excluding hydrogens is 329 g/mol. The summed E-state index contributed by atoms with van der Waals surface area (Å²) in [7, 11) is 0. The number of carbonyl (C=O) groups excluding carboxylic acids is 1. The quantitative estimate of drug-likeness (QED) is 0.905. The number of halogens is 4. The van der Waals surface area contributed by atoms with Crippen molar-refractivity contribution in [1.29, 1.82) is 0 Å². The molecule has 0 aliphatic carbocycles. The smallest absolute Gasteiger partial charge is 0.341 e. The first-order valence-electron chi connectivity index (χ1n) is 7.48. The predicted molar refractivity (Wildman–Crippen MR) is 85.5 cm³/mol. The van der Waals surface area contributed by atoms with Gasteiger partial charge in [0, 0.05) is 25.6 Å². The van der Waals surface area contributed by atoms with Gasteiger partial charge < -0.3 is 10.6 Å². The van der Waals surface area contributed by atoms with Gasteiger partial charge in [-0.15, -0.1) is 12.4 Å². The minimum absolute atomic E-state index is 0. The van der Waals surface area contributed by atoms with E-state index in [1.54, 1.807) is 4.90 Å². The van der Waals surface area contributed by atoms with Crippen LogP contribution >= 0.6 is 12.4 Å². The third-order valence-corrected chi connectivity index (χ3v) is 4.10. The zero-order valence-corrected chi connectivity index (χ0v) is 13.8. The van der Waals surface area contributed by atoms with Crippen LogP contribution in [0.4, 0.5) is 13.2 Å². The third-order valence-electron chi connectivity index (χ3n) is 4.10. The largest absolute Gasteiger partial charge is 0.416 e. The molecule has 1 aliphatic heterocycles. The number of benzene rings is 1. The summed E-state index contributed by atoms with van der Waals surface area (Å²) in [6.45, 7) is 3.13. The van der Waals surface area contributed by atoms with Gasteiger partial charge in [-0.2, -0.15) is 13.2 Å². The zero-order valence-electron chi connectivity index (χ0n) is 13.0. The molecule has 0 aromatic heterocycles. The van der Waals surface area contributed by atoms with E-state index in [0.717, 1.165) is 30.5 Å². The maximum absolute atomic E-state index is 12.5. The van der Waals surface area contributed by atoms with Crippen molar-refractivity contribution in [1.82, 2.24) is 4.90 Å². The van der Waals surface area contributed by atoms with Gasteiger partial charge in [0.2, 0.25) is 5.91 Å². The van der Waals surface area contributed by atoms with E-state index in [9.17, 15) is 18.0 Å². The van der Waals surface area contributed by atoms with Crippen molar-refractivity contribution in [3.8, 4) is 0 Å². The van der Waals surface area contributed by atoms with Crippen molar-refractivity contribution in [2.24, 2.45) is 5.73 Å². The van der Waals surface area contributed by atoms with Crippen LogP contribution in [-0.2, 0) is 11.0 Å². The van der Waals surface area contributed by atoms with Crippen LogP contribution in [0, 0.1) is 0 Å². The Morgan fingerprint density at radius 2 is 1.96 bits per heavy atom. The lowest BCUT2D eigenvalue weighted by atomic mass is 9.95. The van der Waals surface area contributed by atoms with E-state index in [1.165, 1.54) is 12.1 Å². The first kappa shape index (κ1) is 19.8. The summed E-state index contributed by atoms with van der Waals surface area (Å²) in [5.41, 5.74) is 5.93. The van der Waals surface area contributed by atoms with Crippen LogP contribution in [-0.4, -0.2) is 29.9 Å². The third kappa shape index (κ3) is 5.39. The van der Waals surface area contributed by atoms with Gasteiger partial charge in [0.05, 0.1) is 5.56 Å². The fourth-order valence-electron chi connectivity index (χ4n) is 2.75. The number of nitrogens with two attached hydrogens (primary N) is 1. The summed E-state index contributed by atoms with van der Waals surface area (Å²) >= 11 is 0. The van der Waals surface area contributed by atoms with Gasteiger partial charge in [-0.3, -0.25) is 4.79 Å².